The third-order valence-corrected chi connectivity index (χ3v) is 3.16. The quantitative estimate of drug-likeness (QED) is 0.572. The predicted molar refractivity (Wildman–Crippen MR) is 75.9 cm³/mol. The zero-order valence-electron chi connectivity index (χ0n) is 10.5. The second-order valence-electron chi connectivity index (χ2n) is 3.98. The Bertz CT molecular complexity index is 569. The molecule has 0 saturated heterocycles. The molecule has 0 spiro atoms. The van der Waals surface area contributed by atoms with E-state index in [2.05, 4.69) is 20.5 Å². The number of carbonyl (C=O) groups is 1. The Kier molecular flexibility index (Phi) is 4.40. The van der Waals surface area contributed by atoms with Gasteiger partial charge >= 0.3 is 0 Å². The van der Waals surface area contributed by atoms with Crippen LogP contribution in [-0.4, -0.2) is 26.8 Å². The van der Waals surface area contributed by atoms with E-state index in [4.69, 9.17) is 5.73 Å². The summed E-state index contributed by atoms with van der Waals surface area (Å²) in [6.45, 7) is 1.84. The average molecular weight is 277 g/mol. The number of anilines is 2. The number of nitrogens with two attached hydrogens (primary N) is 1. The van der Waals surface area contributed by atoms with Crippen molar-refractivity contribution in [1.82, 2.24) is 15.2 Å². The Labute approximate surface area is 115 Å². The summed E-state index contributed by atoms with van der Waals surface area (Å²) in [5.41, 5.74) is 6.98. The van der Waals surface area contributed by atoms with Crippen molar-refractivity contribution in [3.05, 3.63) is 30.1 Å². The molecule has 7 heteroatoms. The van der Waals surface area contributed by atoms with Crippen molar-refractivity contribution in [2.24, 2.45) is 0 Å². The highest BCUT2D eigenvalue weighted by Crippen LogP contribution is 2.15. The fourth-order valence-electron chi connectivity index (χ4n) is 1.46. The highest BCUT2D eigenvalue weighted by molar-refractivity contribution is 7.99. The number of amides is 1. The lowest BCUT2D eigenvalue weighted by Gasteiger charge is -2.05. The number of rotatable bonds is 5. The predicted octanol–water partition coefficient (Wildman–Crippen LogP) is 1.82. The van der Waals surface area contributed by atoms with Crippen LogP contribution in [0.1, 0.15) is 12.2 Å². The summed E-state index contributed by atoms with van der Waals surface area (Å²) in [5, 5.41) is 10.2. The van der Waals surface area contributed by atoms with Crippen LogP contribution in [0.25, 0.3) is 0 Å². The number of carbonyl (C=O) groups excluding carboxylic acids is 1. The van der Waals surface area contributed by atoms with Crippen LogP contribution in [0.5, 0.6) is 0 Å². The molecule has 0 bridgehead atoms. The number of nitrogens with one attached hydrogen (secondary N) is 2. The van der Waals surface area contributed by atoms with Gasteiger partial charge in [0, 0.05) is 23.5 Å². The monoisotopic (exact) mass is 277 g/mol. The fraction of sp³-hybridized carbons (Fsp3) is 0.250. The second-order valence-corrected chi connectivity index (χ2v) is 5.04. The minimum atomic E-state index is -0.0506. The molecule has 100 valence electrons. The molecule has 0 aliphatic carbocycles. The lowest BCUT2D eigenvalue weighted by atomic mass is 10.3. The Morgan fingerprint density at radius 3 is 3.05 bits per heavy atom. The van der Waals surface area contributed by atoms with Gasteiger partial charge in [-0.25, -0.2) is 4.98 Å². The lowest BCUT2D eigenvalue weighted by Crippen LogP contribution is -2.12. The van der Waals surface area contributed by atoms with Crippen molar-refractivity contribution in [3.8, 4) is 0 Å². The Balaban J connectivity index is 1.76. The molecule has 6 nitrogen and oxygen atoms in total. The van der Waals surface area contributed by atoms with Crippen molar-refractivity contribution in [2.75, 3.05) is 16.8 Å². The number of benzene rings is 1. The van der Waals surface area contributed by atoms with Gasteiger partial charge in [-0.15, -0.1) is 5.10 Å². The van der Waals surface area contributed by atoms with Gasteiger partial charge in [0.05, 0.1) is 0 Å². The fourth-order valence-corrected chi connectivity index (χ4v) is 2.24. The van der Waals surface area contributed by atoms with E-state index in [0.717, 1.165) is 5.82 Å². The number of aromatic nitrogens is 3. The van der Waals surface area contributed by atoms with Crippen LogP contribution in [-0.2, 0) is 4.79 Å². The number of nitrogens with zero attached hydrogens (tertiary/aromatic N) is 2. The van der Waals surface area contributed by atoms with E-state index in [9.17, 15) is 4.79 Å². The smallest absolute Gasteiger partial charge is 0.225 e. The summed E-state index contributed by atoms with van der Waals surface area (Å²) in [7, 11) is 0. The van der Waals surface area contributed by atoms with Crippen molar-refractivity contribution >= 4 is 29.0 Å². The summed E-state index contributed by atoms with van der Waals surface area (Å²) >= 11 is 1.44. The lowest BCUT2D eigenvalue weighted by molar-refractivity contribution is -0.115. The van der Waals surface area contributed by atoms with E-state index >= 15 is 0 Å². The minimum Gasteiger partial charge on any atom is -0.399 e. The van der Waals surface area contributed by atoms with Gasteiger partial charge in [-0.1, -0.05) is 17.8 Å². The van der Waals surface area contributed by atoms with E-state index < -0.39 is 0 Å². The normalized spacial score (nSPS) is 10.4. The van der Waals surface area contributed by atoms with Crippen molar-refractivity contribution < 1.29 is 4.79 Å². The zero-order chi connectivity index (χ0) is 13.7. The maximum Gasteiger partial charge on any atom is 0.225 e. The molecule has 0 unspecified atom stereocenters. The van der Waals surface area contributed by atoms with Gasteiger partial charge in [-0.3, -0.25) is 9.89 Å². The van der Waals surface area contributed by atoms with Crippen LogP contribution in [0.15, 0.2) is 29.4 Å². The Morgan fingerprint density at radius 1 is 1.53 bits per heavy atom. The van der Waals surface area contributed by atoms with Gasteiger partial charge in [0.15, 0.2) is 0 Å². The second kappa shape index (κ2) is 6.24. The van der Waals surface area contributed by atoms with Crippen molar-refractivity contribution in [3.63, 3.8) is 0 Å². The van der Waals surface area contributed by atoms with E-state index in [1.807, 2.05) is 6.92 Å². The molecule has 0 radical (unpaired) electrons. The van der Waals surface area contributed by atoms with Gasteiger partial charge < -0.3 is 11.1 Å². The first kappa shape index (κ1) is 13.4. The molecule has 1 heterocycles. The molecule has 0 saturated carbocycles. The minimum absolute atomic E-state index is 0.0506. The third-order valence-electron chi connectivity index (χ3n) is 2.31. The number of thioether (sulfide) groups is 1. The molecule has 1 aromatic heterocycles. The van der Waals surface area contributed by atoms with Crippen molar-refractivity contribution in [2.45, 2.75) is 18.5 Å². The maximum absolute atomic E-state index is 11.7. The van der Waals surface area contributed by atoms with Crippen LogP contribution in [0.2, 0.25) is 0 Å². The van der Waals surface area contributed by atoms with Gasteiger partial charge in [0.25, 0.3) is 0 Å². The SMILES string of the molecule is Cc1nc(SCCC(=O)Nc2cccc(N)c2)n[nH]1. The number of hydrogen-bond acceptors (Lipinski definition) is 5. The number of H-pyrrole nitrogens is 1. The maximum atomic E-state index is 11.7. The first-order valence-electron chi connectivity index (χ1n) is 5.80. The van der Waals surface area contributed by atoms with Crippen LogP contribution < -0.4 is 11.1 Å². The summed E-state index contributed by atoms with van der Waals surface area (Å²) in [4.78, 5) is 15.9. The Morgan fingerprint density at radius 2 is 2.37 bits per heavy atom. The van der Waals surface area contributed by atoms with Crippen molar-refractivity contribution in [1.29, 1.82) is 0 Å². The molecule has 0 fully saturated rings. The number of hydrogen-bond donors (Lipinski definition) is 3. The molecular weight excluding hydrogens is 262 g/mol. The highest BCUT2D eigenvalue weighted by atomic mass is 32.2. The van der Waals surface area contributed by atoms with Crippen LogP contribution >= 0.6 is 11.8 Å². The molecule has 4 N–H and O–H groups in total. The highest BCUT2D eigenvalue weighted by Gasteiger charge is 2.05. The van der Waals surface area contributed by atoms with Crippen LogP contribution in [0, 0.1) is 6.92 Å². The summed E-state index contributed by atoms with van der Waals surface area (Å²) in [6, 6.07) is 7.11. The van der Waals surface area contributed by atoms with Crippen LogP contribution in [0.4, 0.5) is 11.4 Å². The van der Waals surface area contributed by atoms with Gasteiger partial charge in [-0.2, -0.15) is 0 Å². The topological polar surface area (TPSA) is 96.7 Å². The molecule has 2 rings (SSSR count). The van der Waals surface area contributed by atoms with E-state index in [-0.39, 0.29) is 5.91 Å². The molecule has 1 amide bonds. The molecule has 0 aliphatic heterocycles. The Hall–Kier alpha value is -2.02. The van der Waals surface area contributed by atoms with E-state index in [1.165, 1.54) is 11.8 Å². The van der Waals surface area contributed by atoms with E-state index in [1.54, 1.807) is 24.3 Å². The molecule has 19 heavy (non-hydrogen) atoms. The largest absolute Gasteiger partial charge is 0.399 e. The third kappa shape index (κ3) is 4.29. The van der Waals surface area contributed by atoms with E-state index in [0.29, 0.717) is 28.7 Å². The zero-order valence-corrected chi connectivity index (χ0v) is 11.3. The standard InChI is InChI=1S/C12H15N5OS/c1-8-14-12(17-16-8)19-6-5-11(18)15-10-4-2-3-9(13)7-10/h2-4,7H,5-6,13H2,1H3,(H,15,18)(H,14,16,17). The molecular formula is C12H15N5OS. The number of aryl methyl sites for hydroxylation is 1. The van der Waals surface area contributed by atoms with Gasteiger partial charge in [-0.05, 0) is 25.1 Å². The number of aromatic amines is 1. The van der Waals surface area contributed by atoms with Gasteiger partial charge in [0.2, 0.25) is 11.1 Å². The van der Waals surface area contributed by atoms with Crippen LogP contribution in [0.3, 0.4) is 0 Å². The number of nitrogen functional groups attached to an aromatic ring is 1. The van der Waals surface area contributed by atoms with Gasteiger partial charge in [0.1, 0.15) is 5.82 Å². The first-order chi connectivity index (χ1) is 9.13. The summed E-state index contributed by atoms with van der Waals surface area (Å²) < 4.78 is 0. The molecule has 2 aromatic rings. The summed E-state index contributed by atoms with van der Waals surface area (Å²) in [5.74, 6) is 1.35. The molecule has 0 atom stereocenters. The summed E-state index contributed by atoms with van der Waals surface area (Å²) in [6.07, 6.45) is 0.396. The molecule has 0 aliphatic rings. The average Bonchev–Trinajstić information content (AvgIpc) is 2.75. The first-order valence-corrected chi connectivity index (χ1v) is 6.79. The molecule has 1 aromatic carbocycles.